The number of piperidine rings is 1. The first-order chi connectivity index (χ1) is 8.56. The van der Waals surface area contributed by atoms with E-state index in [4.69, 9.17) is 0 Å². The Bertz CT molecular complexity index is 300. The molecule has 1 saturated heterocycles. The fourth-order valence-corrected chi connectivity index (χ4v) is 2.55. The Morgan fingerprint density at radius 2 is 1.95 bits per heavy atom. The van der Waals surface area contributed by atoms with E-state index in [2.05, 4.69) is 33.8 Å². The molecule has 1 aliphatic heterocycles. The van der Waals surface area contributed by atoms with E-state index < -0.39 is 0 Å². The summed E-state index contributed by atoms with van der Waals surface area (Å²) in [6.07, 6.45) is 1.64. The minimum atomic E-state index is -0.196. The number of nitrogens with zero attached hydrogens (tertiary/aromatic N) is 2. The molecule has 1 rings (SSSR count). The van der Waals surface area contributed by atoms with E-state index in [0.717, 1.165) is 19.0 Å². The second kappa shape index (κ2) is 9.39. The first kappa shape index (κ1) is 18.5. The molecule has 1 fully saturated rings. The van der Waals surface area contributed by atoms with Crippen LogP contribution in [-0.2, 0) is 9.53 Å². The predicted molar refractivity (Wildman–Crippen MR) is 87.9 cm³/mol. The van der Waals surface area contributed by atoms with Gasteiger partial charge in [0.15, 0.2) is 5.96 Å². The monoisotopic (exact) mass is 383 g/mol. The van der Waals surface area contributed by atoms with Gasteiger partial charge in [0.2, 0.25) is 0 Å². The lowest BCUT2D eigenvalue weighted by Crippen LogP contribution is -2.48. The van der Waals surface area contributed by atoms with Gasteiger partial charge >= 0.3 is 5.97 Å². The van der Waals surface area contributed by atoms with Crippen LogP contribution in [0.25, 0.3) is 0 Å². The van der Waals surface area contributed by atoms with Crippen LogP contribution in [0.5, 0.6) is 0 Å². The number of likely N-dealkylation sites (tertiary alicyclic amines) is 1. The van der Waals surface area contributed by atoms with Crippen molar-refractivity contribution in [1.82, 2.24) is 10.2 Å². The first-order valence-corrected chi connectivity index (χ1v) is 6.59. The second-order valence-corrected chi connectivity index (χ2v) is 5.15. The zero-order valence-corrected chi connectivity index (χ0v) is 14.6. The average molecular weight is 383 g/mol. The van der Waals surface area contributed by atoms with Crippen LogP contribution in [0, 0.1) is 11.8 Å². The number of ether oxygens (including phenoxy) is 1. The summed E-state index contributed by atoms with van der Waals surface area (Å²) in [7, 11) is 3.19. The van der Waals surface area contributed by atoms with Crippen molar-refractivity contribution in [2.24, 2.45) is 16.8 Å². The summed E-state index contributed by atoms with van der Waals surface area (Å²) in [5.74, 6) is 2.07. The fraction of sp³-hybridized carbons (Fsp3) is 0.846. The molecule has 0 bridgehead atoms. The van der Waals surface area contributed by atoms with Crippen molar-refractivity contribution in [3.05, 3.63) is 0 Å². The van der Waals surface area contributed by atoms with Crippen LogP contribution in [-0.4, -0.2) is 50.6 Å². The van der Waals surface area contributed by atoms with Gasteiger partial charge in [0.25, 0.3) is 0 Å². The lowest BCUT2D eigenvalue weighted by Gasteiger charge is -2.37. The molecule has 0 aromatic carbocycles. The van der Waals surface area contributed by atoms with Crippen molar-refractivity contribution >= 4 is 35.9 Å². The molecule has 0 aromatic rings. The third kappa shape index (κ3) is 6.44. The summed E-state index contributed by atoms with van der Waals surface area (Å²) in [5, 5.41) is 3.22. The molecule has 5 nitrogen and oxygen atoms in total. The van der Waals surface area contributed by atoms with E-state index in [0.29, 0.717) is 24.8 Å². The van der Waals surface area contributed by atoms with Crippen LogP contribution in [0.3, 0.4) is 0 Å². The highest BCUT2D eigenvalue weighted by Gasteiger charge is 2.23. The number of nitrogens with one attached hydrogen (secondary N) is 1. The van der Waals surface area contributed by atoms with Gasteiger partial charge in [-0.2, -0.15) is 0 Å². The first-order valence-electron chi connectivity index (χ1n) is 6.59. The fourth-order valence-electron chi connectivity index (χ4n) is 2.55. The zero-order chi connectivity index (χ0) is 13.5. The molecule has 1 heterocycles. The summed E-state index contributed by atoms with van der Waals surface area (Å²) in [4.78, 5) is 17.6. The van der Waals surface area contributed by atoms with Crippen LogP contribution in [0.2, 0.25) is 0 Å². The van der Waals surface area contributed by atoms with E-state index in [-0.39, 0.29) is 29.9 Å². The molecule has 0 spiro atoms. The van der Waals surface area contributed by atoms with Crippen LogP contribution in [0.1, 0.15) is 26.7 Å². The van der Waals surface area contributed by atoms with Gasteiger partial charge in [-0.1, -0.05) is 13.8 Å². The maximum Gasteiger partial charge on any atom is 0.307 e. The predicted octanol–water partition coefficient (Wildman–Crippen LogP) is 1.72. The van der Waals surface area contributed by atoms with Crippen LogP contribution >= 0.6 is 24.0 Å². The highest BCUT2D eigenvalue weighted by Crippen LogP contribution is 2.20. The normalized spacial score (nSPS) is 23.6. The van der Waals surface area contributed by atoms with Crippen molar-refractivity contribution in [3.8, 4) is 0 Å². The number of esters is 1. The Morgan fingerprint density at radius 3 is 2.42 bits per heavy atom. The maximum atomic E-state index is 11.0. The molecule has 0 amide bonds. The Morgan fingerprint density at radius 1 is 1.37 bits per heavy atom. The van der Waals surface area contributed by atoms with E-state index in [1.54, 1.807) is 7.05 Å². The van der Waals surface area contributed by atoms with Crippen molar-refractivity contribution in [1.29, 1.82) is 0 Å². The minimum absolute atomic E-state index is 0. The lowest BCUT2D eigenvalue weighted by molar-refractivity contribution is -0.140. The number of hydrogen-bond donors (Lipinski definition) is 1. The van der Waals surface area contributed by atoms with Crippen molar-refractivity contribution in [2.75, 3.05) is 33.8 Å². The molecule has 0 aliphatic carbocycles. The summed E-state index contributed by atoms with van der Waals surface area (Å²) in [6.45, 7) is 7.16. The van der Waals surface area contributed by atoms with Crippen LogP contribution in [0.15, 0.2) is 4.99 Å². The Kier molecular flexibility index (Phi) is 9.12. The number of carbonyl (C=O) groups excluding carboxylic acids is 1. The minimum Gasteiger partial charge on any atom is -0.469 e. The summed E-state index contributed by atoms with van der Waals surface area (Å²) in [6, 6.07) is 0. The highest BCUT2D eigenvalue weighted by molar-refractivity contribution is 14.0. The maximum absolute atomic E-state index is 11.0. The van der Waals surface area contributed by atoms with Gasteiger partial charge in [0.05, 0.1) is 13.5 Å². The summed E-state index contributed by atoms with van der Waals surface area (Å²) in [5.41, 5.74) is 0. The van der Waals surface area contributed by atoms with Crippen LogP contribution < -0.4 is 5.32 Å². The molecule has 0 saturated carbocycles. The molecular formula is C13H26IN3O2. The largest absolute Gasteiger partial charge is 0.469 e. The van der Waals surface area contributed by atoms with Crippen molar-refractivity contribution in [3.63, 3.8) is 0 Å². The van der Waals surface area contributed by atoms with Crippen molar-refractivity contribution < 1.29 is 9.53 Å². The van der Waals surface area contributed by atoms with Gasteiger partial charge < -0.3 is 15.0 Å². The Balaban J connectivity index is 0.00000324. The van der Waals surface area contributed by atoms with Gasteiger partial charge in [0, 0.05) is 26.7 Å². The number of rotatable bonds is 3. The van der Waals surface area contributed by atoms with Gasteiger partial charge in [0.1, 0.15) is 0 Å². The number of carbonyl (C=O) groups is 1. The molecule has 2 atom stereocenters. The zero-order valence-electron chi connectivity index (χ0n) is 12.3. The van der Waals surface area contributed by atoms with Gasteiger partial charge in [-0.3, -0.25) is 9.79 Å². The number of guanidine groups is 1. The summed E-state index contributed by atoms with van der Waals surface area (Å²) >= 11 is 0. The molecule has 1 N–H and O–H groups in total. The van der Waals surface area contributed by atoms with E-state index in [1.807, 2.05) is 0 Å². The standard InChI is InChI=1S/C13H25N3O2.HI/c1-10-7-11(2)9-16(8-10)13(14-3)15-6-5-12(17)18-4;/h10-11H,5-9H2,1-4H3,(H,14,15);1H. The molecule has 19 heavy (non-hydrogen) atoms. The number of methoxy groups -OCH3 is 1. The third-order valence-electron chi connectivity index (χ3n) is 3.22. The van der Waals surface area contributed by atoms with Gasteiger partial charge in [-0.05, 0) is 18.3 Å². The van der Waals surface area contributed by atoms with E-state index >= 15 is 0 Å². The molecule has 1 aliphatic rings. The smallest absolute Gasteiger partial charge is 0.307 e. The molecule has 0 aromatic heterocycles. The Hall–Kier alpha value is -0.530. The molecule has 0 radical (unpaired) electrons. The topological polar surface area (TPSA) is 53.9 Å². The highest BCUT2D eigenvalue weighted by atomic mass is 127. The van der Waals surface area contributed by atoms with E-state index in [9.17, 15) is 4.79 Å². The lowest BCUT2D eigenvalue weighted by atomic mass is 9.92. The molecule has 112 valence electrons. The van der Waals surface area contributed by atoms with Crippen molar-refractivity contribution in [2.45, 2.75) is 26.7 Å². The van der Waals surface area contributed by atoms with E-state index in [1.165, 1.54) is 13.5 Å². The summed E-state index contributed by atoms with van der Waals surface area (Å²) < 4.78 is 4.61. The Labute approximate surface area is 133 Å². The van der Waals surface area contributed by atoms with Gasteiger partial charge in [-0.25, -0.2) is 0 Å². The number of halogens is 1. The van der Waals surface area contributed by atoms with Gasteiger partial charge in [-0.15, -0.1) is 24.0 Å². The SMILES string of the molecule is CN=C(NCCC(=O)OC)N1CC(C)CC(C)C1.I. The second-order valence-electron chi connectivity index (χ2n) is 5.15. The number of aliphatic imine (C=N–C) groups is 1. The quantitative estimate of drug-likeness (QED) is 0.349. The molecule has 6 heteroatoms. The average Bonchev–Trinajstić information content (AvgIpc) is 2.33. The number of hydrogen-bond acceptors (Lipinski definition) is 3. The van der Waals surface area contributed by atoms with Crippen LogP contribution in [0.4, 0.5) is 0 Å². The molecule has 2 unspecified atom stereocenters. The third-order valence-corrected chi connectivity index (χ3v) is 3.22. The molecular weight excluding hydrogens is 357 g/mol.